The van der Waals surface area contributed by atoms with Gasteiger partial charge in [0.2, 0.25) is 0 Å². The average Bonchev–Trinajstić information content (AvgIpc) is 2.46. The summed E-state index contributed by atoms with van der Waals surface area (Å²) in [6.45, 7) is 0.343. The Hall–Kier alpha value is -2.86. The van der Waals surface area contributed by atoms with E-state index in [0.717, 1.165) is 0 Å². The Balaban J connectivity index is 3.03. The first-order chi connectivity index (χ1) is 9.61. The molecule has 0 fully saturated rings. The predicted octanol–water partition coefficient (Wildman–Crippen LogP) is 1.65. The quantitative estimate of drug-likeness (QED) is 0.846. The van der Waals surface area contributed by atoms with E-state index in [4.69, 9.17) is 15.6 Å². The number of hydrogen-bond acceptors (Lipinski definition) is 4. The molecule has 0 aliphatic heterocycles. The van der Waals surface area contributed by atoms with Crippen LogP contribution in [0, 0.1) is 22.7 Å². The van der Waals surface area contributed by atoms with Crippen LogP contribution in [0.1, 0.15) is 33.6 Å². The summed E-state index contributed by atoms with van der Waals surface area (Å²) >= 11 is 0. The van der Waals surface area contributed by atoms with Gasteiger partial charge in [-0.2, -0.15) is 10.5 Å². The van der Waals surface area contributed by atoms with Gasteiger partial charge in [0.1, 0.15) is 0 Å². The molecule has 20 heavy (non-hydrogen) atoms. The van der Waals surface area contributed by atoms with Gasteiger partial charge >= 0.3 is 5.97 Å². The van der Waals surface area contributed by atoms with Crippen LogP contribution in [0.4, 0.5) is 0 Å². The van der Waals surface area contributed by atoms with Gasteiger partial charge in [0.25, 0.3) is 5.91 Å². The lowest BCUT2D eigenvalue weighted by molar-refractivity contribution is 0.0676. The maximum atomic E-state index is 12.3. The fourth-order valence-corrected chi connectivity index (χ4v) is 1.71. The predicted molar refractivity (Wildman–Crippen MR) is 69.8 cm³/mol. The fourth-order valence-electron chi connectivity index (χ4n) is 1.71. The Morgan fingerprint density at radius 2 is 1.55 bits per heavy atom. The van der Waals surface area contributed by atoms with Gasteiger partial charge < -0.3 is 10.0 Å². The second kappa shape index (κ2) is 7.55. The zero-order valence-corrected chi connectivity index (χ0v) is 10.7. The van der Waals surface area contributed by atoms with Crippen molar-refractivity contribution in [1.29, 1.82) is 10.5 Å². The van der Waals surface area contributed by atoms with E-state index in [1.54, 1.807) is 6.07 Å². The van der Waals surface area contributed by atoms with Crippen LogP contribution >= 0.6 is 0 Å². The van der Waals surface area contributed by atoms with Crippen LogP contribution in [-0.2, 0) is 0 Å². The highest BCUT2D eigenvalue weighted by Gasteiger charge is 2.20. The van der Waals surface area contributed by atoms with Crippen LogP contribution in [0.5, 0.6) is 0 Å². The lowest BCUT2D eigenvalue weighted by Crippen LogP contribution is -2.33. The molecule has 1 amide bonds. The van der Waals surface area contributed by atoms with Gasteiger partial charge in [0.15, 0.2) is 0 Å². The summed E-state index contributed by atoms with van der Waals surface area (Å²) in [5.74, 6) is -1.66. The molecule has 102 valence electrons. The van der Waals surface area contributed by atoms with Crippen molar-refractivity contribution in [3.63, 3.8) is 0 Å². The van der Waals surface area contributed by atoms with Crippen molar-refractivity contribution >= 4 is 11.9 Å². The highest BCUT2D eigenvalue weighted by Crippen LogP contribution is 2.12. The van der Waals surface area contributed by atoms with E-state index in [-0.39, 0.29) is 37.1 Å². The molecule has 0 bridgehead atoms. The lowest BCUT2D eigenvalue weighted by Gasteiger charge is -2.21. The minimum absolute atomic E-state index is 0.0656. The van der Waals surface area contributed by atoms with Crippen molar-refractivity contribution in [3.05, 3.63) is 35.4 Å². The summed E-state index contributed by atoms with van der Waals surface area (Å²) in [5.41, 5.74) is -0.0210. The van der Waals surface area contributed by atoms with Crippen LogP contribution in [0.3, 0.4) is 0 Å². The average molecular weight is 271 g/mol. The number of benzene rings is 1. The summed E-state index contributed by atoms with van der Waals surface area (Å²) in [5, 5.41) is 26.3. The summed E-state index contributed by atoms with van der Waals surface area (Å²) in [4.78, 5) is 24.8. The van der Waals surface area contributed by atoms with E-state index >= 15 is 0 Å². The maximum Gasteiger partial charge on any atom is 0.336 e. The Morgan fingerprint density at radius 3 is 2.00 bits per heavy atom. The van der Waals surface area contributed by atoms with Crippen LogP contribution in [0.15, 0.2) is 24.3 Å². The maximum absolute atomic E-state index is 12.3. The van der Waals surface area contributed by atoms with Gasteiger partial charge in [0, 0.05) is 13.1 Å². The van der Waals surface area contributed by atoms with Crippen LogP contribution in [0.25, 0.3) is 0 Å². The van der Waals surface area contributed by atoms with Crippen molar-refractivity contribution in [2.75, 3.05) is 13.1 Å². The van der Waals surface area contributed by atoms with E-state index in [1.807, 2.05) is 12.1 Å². The molecule has 1 aromatic carbocycles. The molecule has 0 unspecified atom stereocenters. The van der Waals surface area contributed by atoms with Crippen molar-refractivity contribution in [2.24, 2.45) is 0 Å². The molecule has 1 rings (SSSR count). The van der Waals surface area contributed by atoms with Gasteiger partial charge in [0.05, 0.1) is 36.1 Å². The number of rotatable bonds is 6. The molecule has 6 nitrogen and oxygen atoms in total. The molecule has 0 aliphatic rings. The molecule has 0 aliphatic carbocycles. The molecular formula is C14H13N3O3. The SMILES string of the molecule is N#CCCN(CCC#N)C(=O)c1ccccc1C(=O)O. The van der Waals surface area contributed by atoms with Crippen molar-refractivity contribution in [1.82, 2.24) is 4.90 Å². The van der Waals surface area contributed by atoms with Crippen molar-refractivity contribution in [3.8, 4) is 12.1 Å². The third-order valence-corrected chi connectivity index (χ3v) is 2.66. The molecule has 0 aromatic heterocycles. The molecule has 1 aromatic rings. The first-order valence-electron chi connectivity index (χ1n) is 5.97. The number of carboxylic acid groups (broad SMARTS) is 1. The minimum atomic E-state index is -1.19. The van der Waals surface area contributed by atoms with Crippen molar-refractivity contribution in [2.45, 2.75) is 12.8 Å². The molecule has 0 saturated heterocycles. The van der Waals surface area contributed by atoms with Crippen LogP contribution in [0.2, 0.25) is 0 Å². The highest BCUT2D eigenvalue weighted by atomic mass is 16.4. The lowest BCUT2D eigenvalue weighted by atomic mass is 10.1. The van der Waals surface area contributed by atoms with E-state index in [0.29, 0.717) is 0 Å². The number of carbonyl (C=O) groups is 2. The molecule has 0 heterocycles. The number of nitrogens with zero attached hydrogens (tertiary/aromatic N) is 3. The first-order valence-corrected chi connectivity index (χ1v) is 5.97. The summed E-state index contributed by atoms with van der Waals surface area (Å²) in [6.07, 6.45) is 0.263. The van der Waals surface area contributed by atoms with Gasteiger partial charge in [-0.25, -0.2) is 4.79 Å². The second-order valence-electron chi connectivity index (χ2n) is 3.96. The van der Waals surface area contributed by atoms with Gasteiger partial charge in [-0.1, -0.05) is 12.1 Å². The first kappa shape index (κ1) is 15.2. The topological polar surface area (TPSA) is 105 Å². The number of hydrogen-bond donors (Lipinski definition) is 1. The van der Waals surface area contributed by atoms with E-state index < -0.39 is 11.9 Å². The molecule has 0 radical (unpaired) electrons. The van der Waals surface area contributed by atoms with Gasteiger partial charge in [-0.3, -0.25) is 4.79 Å². The van der Waals surface area contributed by atoms with Crippen LogP contribution in [-0.4, -0.2) is 35.0 Å². The number of carbonyl (C=O) groups excluding carboxylic acids is 1. The number of nitriles is 2. The molecule has 1 N–H and O–H groups in total. The Kier molecular flexibility index (Phi) is 5.74. The number of amides is 1. The zero-order chi connectivity index (χ0) is 15.0. The zero-order valence-electron chi connectivity index (χ0n) is 10.7. The number of carboxylic acids is 1. The molecule has 0 spiro atoms. The standard InChI is InChI=1S/C14H13N3O3/c15-7-3-9-17(10-4-8-16)13(18)11-5-1-2-6-12(11)14(19)20/h1-2,5-6H,3-4,9-10H2,(H,19,20). The summed E-state index contributed by atoms with van der Waals surface area (Å²) in [7, 11) is 0. The number of aromatic carboxylic acids is 1. The third kappa shape index (κ3) is 3.82. The fraction of sp³-hybridized carbons (Fsp3) is 0.286. The van der Waals surface area contributed by atoms with Gasteiger partial charge in [-0.15, -0.1) is 0 Å². The van der Waals surface area contributed by atoms with E-state index in [2.05, 4.69) is 0 Å². The molecule has 0 saturated carbocycles. The Bertz CT molecular complexity index is 566. The summed E-state index contributed by atoms with van der Waals surface area (Å²) in [6, 6.07) is 9.74. The molecule has 0 atom stereocenters. The molecule has 6 heteroatoms. The smallest absolute Gasteiger partial charge is 0.336 e. The highest BCUT2D eigenvalue weighted by molar-refractivity contribution is 6.04. The van der Waals surface area contributed by atoms with Gasteiger partial charge in [-0.05, 0) is 12.1 Å². The van der Waals surface area contributed by atoms with Crippen LogP contribution < -0.4 is 0 Å². The second-order valence-corrected chi connectivity index (χ2v) is 3.96. The van der Waals surface area contributed by atoms with E-state index in [1.165, 1.54) is 23.1 Å². The largest absolute Gasteiger partial charge is 0.478 e. The summed E-state index contributed by atoms with van der Waals surface area (Å²) < 4.78 is 0. The Labute approximate surface area is 116 Å². The monoisotopic (exact) mass is 271 g/mol. The minimum Gasteiger partial charge on any atom is -0.478 e. The molecular weight excluding hydrogens is 258 g/mol. The van der Waals surface area contributed by atoms with E-state index in [9.17, 15) is 9.59 Å². The Morgan fingerprint density at radius 1 is 1.05 bits per heavy atom. The third-order valence-electron chi connectivity index (χ3n) is 2.66. The van der Waals surface area contributed by atoms with Crippen molar-refractivity contribution < 1.29 is 14.7 Å². The normalized spacial score (nSPS) is 9.30.